The molecule has 0 aliphatic carbocycles. The Labute approximate surface area is 183 Å². The molecule has 1 aliphatic heterocycles. The van der Waals surface area contributed by atoms with Gasteiger partial charge in [0.1, 0.15) is 0 Å². The van der Waals surface area contributed by atoms with Gasteiger partial charge in [0.25, 0.3) is 5.91 Å². The first-order chi connectivity index (χ1) is 14.8. The number of amides is 1. The van der Waals surface area contributed by atoms with Crippen molar-refractivity contribution in [1.82, 2.24) is 9.47 Å². The Hall–Kier alpha value is -3.12. The van der Waals surface area contributed by atoms with E-state index in [-0.39, 0.29) is 12.5 Å². The fourth-order valence-electron chi connectivity index (χ4n) is 3.96. The summed E-state index contributed by atoms with van der Waals surface area (Å²) in [6.07, 6.45) is 1.80. The first kappa shape index (κ1) is 22.6. The number of aromatic nitrogens is 1. The molecule has 0 atom stereocenters. The Kier molecular flexibility index (Phi) is 6.81. The fourth-order valence-corrected chi connectivity index (χ4v) is 3.96. The van der Waals surface area contributed by atoms with Crippen molar-refractivity contribution in [2.45, 2.75) is 34.6 Å². The van der Waals surface area contributed by atoms with E-state index in [4.69, 9.17) is 9.47 Å². The summed E-state index contributed by atoms with van der Waals surface area (Å²) in [5, 5.41) is 0. The number of rotatable bonds is 7. The van der Waals surface area contributed by atoms with Gasteiger partial charge in [-0.05, 0) is 64.5 Å². The second kappa shape index (κ2) is 9.35. The van der Waals surface area contributed by atoms with Crippen molar-refractivity contribution in [3.05, 3.63) is 69.7 Å². The average Bonchev–Trinajstić information content (AvgIpc) is 3.14. The van der Waals surface area contributed by atoms with E-state index in [1.807, 2.05) is 19.9 Å². The summed E-state index contributed by atoms with van der Waals surface area (Å²) in [7, 11) is 1.59. The van der Waals surface area contributed by atoms with Crippen LogP contribution in [0.15, 0.2) is 47.2 Å². The number of allylic oxidation sites excluding steroid dienone is 1. The van der Waals surface area contributed by atoms with Crippen LogP contribution >= 0.6 is 0 Å². The Morgan fingerprint density at radius 2 is 1.77 bits per heavy atom. The van der Waals surface area contributed by atoms with Crippen molar-refractivity contribution in [3.63, 3.8) is 0 Å². The molecule has 1 amide bonds. The molecule has 2 heterocycles. The largest absolute Gasteiger partial charge is 0.462 e. The lowest BCUT2D eigenvalue weighted by molar-refractivity contribution is -0.138. The molecule has 6 nitrogen and oxygen atoms in total. The molecule has 0 N–H and O–H groups in total. The lowest BCUT2D eigenvalue weighted by atomic mass is 10.0. The summed E-state index contributed by atoms with van der Waals surface area (Å²) in [6, 6.07) is 10.3. The highest BCUT2D eigenvalue weighted by molar-refractivity contribution is 6.16. The van der Waals surface area contributed by atoms with Crippen LogP contribution in [-0.4, -0.2) is 48.2 Å². The number of hydrogen-bond donors (Lipinski definition) is 0. The number of methoxy groups -OCH3 is 1. The van der Waals surface area contributed by atoms with Crippen LogP contribution < -0.4 is 0 Å². The zero-order chi connectivity index (χ0) is 22.7. The molecule has 164 valence electrons. The molecule has 31 heavy (non-hydrogen) atoms. The highest BCUT2D eigenvalue weighted by Crippen LogP contribution is 2.33. The molecular formula is C25H30N2O4. The fraction of sp³-hybridized carbons (Fsp3) is 0.360. The molecule has 0 spiro atoms. The molecule has 0 fully saturated rings. The number of carbonyl (C=O) groups is 2. The van der Waals surface area contributed by atoms with Crippen molar-refractivity contribution < 1.29 is 19.1 Å². The van der Waals surface area contributed by atoms with Crippen LogP contribution in [0, 0.1) is 20.8 Å². The summed E-state index contributed by atoms with van der Waals surface area (Å²) in [6.45, 7) is 10.6. The molecule has 0 radical (unpaired) electrons. The first-order valence-electron chi connectivity index (χ1n) is 10.5. The van der Waals surface area contributed by atoms with Crippen LogP contribution in [0.5, 0.6) is 0 Å². The van der Waals surface area contributed by atoms with Crippen LogP contribution in [0.4, 0.5) is 0 Å². The van der Waals surface area contributed by atoms with Gasteiger partial charge in [0.05, 0.1) is 24.4 Å². The van der Waals surface area contributed by atoms with E-state index in [0.717, 1.165) is 22.6 Å². The van der Waals surface area contributed by atoms with E-state index in [9.17, 15) is 9.59 Å². The maximum atomic E-state index is 13.2. The van der Waals surface area contributed by atoms with Crippen molar-refractivity contribution >= 4 is 18.0 Å². The number of aryl methyl sites for hydroxylation is 2. The molecule has 0 saturated heterocycles. The van der Waals surface area contributed by atoms with Gasteiger partial charge in [-0.1, -0.05) is 17.7 Å². The van der Waals surface area contributed by atoms with Crippen LogP contribution in [0.3, 0.4) is 0 Å². The minimum absolute atomic E-state index is 0.210. The normalized spacial score (nSPS) is 15.4. The highest BCUT2D eigenvalue weighted by Gasteiger charge is 2.37. The first-order valence-corrected chi connectivity index (χ1v) is 10.5. The number of hydrogen-bond acceptors (Lipinski definition) is 4. The van der Waals surface area contributed by atoms with Gasteiger partial charge in [-0.2, -0.15) is 0 Å². The van der Waals surface area contributed by atoms with Gasteiger partial charge in [0.15, 0.2) is 0 Å². The summed E-state index contributed by atoms with van der Waals surface area (Å²) in [4.78, 5) is 27.5. The Balaban J connectivity index is 2.08. The minimum Gasteiger partial charge on any atom is -0.462 e. The Morgan fingerprint density at radius 1 is 1.10 bits per heavy atom. The number of esters is 1. The van der Waals surface area contributed by atoms with Gasteiger partial charge < -0.3 is 18.9 Å². The zero-order valence-corrected chi connectivity index (χ0v) is 19.1. The number of benzene rings is 1. The summed E-state index contributed by atoms with van der Waals surface area (Å²) in [5.41, 5.74) is 6.47. The maximum Gasteiger partial charge on any atom is 0.340 e. The molecule has 1 aromatic heterocycles. The van der Waals surface area contributed by atoms with Crippen LogP contribution in [0.25, 0.3) is 11.8 Å². The van der Waals surface area contributed by atoms with E-state index in [1.54, 1.807) is 31.9 Å². The number of nitrogens with zero attached hydrogens (tertiary/aromatic N) is 2. The molecule has 1 aromatic carbocycles. The molecule has 0 bridgehead atoms. The van der Waals surface area contributed by atoms with Gasteiger partial charge in [-0.25, -0.2) is 4.79 Å². The average molecular weight is 423 g/mol. The third-order valence-corrected chi connectivity index (χ3v) is 5.57. The molecule has 6 heteroatoms. The lowest BCUT2D eigenvalue weighted by Crippen LogP contribution is -2.28. The third-order valence-electron chi connectivity index (χ3n) is 5.57. The number of carbonyl (C=O) groups excluding carboxylic acids is 2. The molecule has 1 aliphatic rings. The Bertz CT molecular complexity index is 1060. The summed E-state index contributed by atoms with van der Waals surface area (Å²) >= 11 is 0. The molecular weight excluding hydrogens is 392 g/mol. The van der Waals surface area contributed by atoms with Gasteiger partial charge in [-0.15, -0.1) is 0 Å². The predicted molar refractivity (Wildman–Crippen MR) is 121 cm³/mol. The maximum absolute atomic E-state index is 13.2. The minimum atomic E-state index is -0.480. The quantitative estimate of drug-likeness (QED) is 0.498. The molecule has 2 aromatic rings. The van der Waals surface area contributed by atoms with Gasteiger partial charge >= 0.3 is 5.97 Å². The number of ether oxygens (including phenoxy) is 2. The molecule has 3 rings (SSSR count). The monoisotopic (exact) mass is 422 g/mol. The van der Waals surface area contributed by atoms with E-state index < -0.39 is 5.97 Å². The van der Waals surface area contributed by atoms with Crippen LogP contribution in [-0.2, 0) is 19.1 Å². The van der Waals surface area contributed by atoms with Gasteiger partial charge in [-0.3, -0.25) is 4.79 Å². The Morgan fingerprint density at radius 3 is 2.39 bits per heavy atom. The van der Waals surface area contributed by atoms with Crippen LogP contribution in [0.1, 0.15) is 36.4 Å². The molecule has 0 saturated carbocycles. The standard InChI is InChI=1S/C25H30N2O4/c1-7-31-25(29)23-19(5)26(12-13-30-6)24(28)22(23)15-20-14-17(3)27(18(20)4)21-10-8-16(2)9-11-21/h8-11,14-15H,7,12-13H2,1-6H3/b22-15+. The van der Waals surface area contributed by atoms with Crippen molar-refractivity contribution in [2.24, 2.45) is 0 Å². The topological polar surface area (TPSA) is 60.8 Å². The second-order valence-electron chi connectivity index (χ2n) is 7.69. The van der Waals surface area contributed by atoms with Gasteiger partial charge in [0, 0.05) is 36.4 Å². The summed E-state index contributed by atoms with van der Waals surface area (Å²) < 4.78 is 12.5. The SMILES string of the molecule is CCOC(=O)C1=C(C)N(CCOC)C(=O)/C1=C/c1cc(C)n(-c2ccc(C)cc2)c1C. The van der Waals surface area contributed by atoms with E-state index in [1.165, 1.54) is 5.56 Å². The zero-order valence-electron chi connectivity index (χ0n) is 19.1. The van der Waals surface area contributed by atoms with E-state index in [2.05, 4.69) is 35.8 Å². The lowest BCUT2D eigenvalue weighted by Gasteiger charge is -2.16. The highest BCUT2D eigenvalue weighted by atomic mass is 16.5. The van der Waals surface area contributed by atoms with Gasteiger partial charge in [0.2, 0.25) is 0 Å². The second-order valence-corrected chi connectivity index (χ2v) is 7.69. The van der Waals surface area contributed by atoms with E-state index in [0.29, 0.717) is 30.0 Å². The van der Waals surface area contributed by atoms with Crippen molar-refractivity contribution in [2.75, 3.05) is 26.9 Å². The third kappa shape index (κ3) is 4.35. The van der Waals surface area contributed by atoms with Crippen molar-refractivity contribution in [1.29, 1.82) is 0 Å². The van der Waals surface area contributed by atoms with Crippen molar-refractivity contribution in [3.8, 4) is 5.69 Å². The summed E-state index contributed by atoms with van der Waals surface area (Å²) in [5.74, 6) is -0.690. The predicted octanol–water partition coefficient (Wildman–Crippen LogP) is 4.11. The molecule has 0 unspecified atom stereocenters. The van der Waals surface area contributed by atoms with Crippen LogP contribution in [0.2, 0.25) is 0 Å². The van der Waals surface area contributed by atoms with E-state index >= 15 is 0 Å². The smallest absolute Gasteiger partial charge is 0.340 e.